The molecule has 3 N–H and O–H groups in total. The number of fused-ring (bicyclic) bond motifs is 1. The van der Waals surface area contributed by atoms with Crippen molar-refractivity contribution in [2.75, 3.05) is 14.1 Å². The third-order valence-corrected chi connectivity index (χ3v) is 6.01. The number of benzene rings is 2. The smallest absolute Gasteiger partial charge is 0.221 e. The second kappa shape index (κ2) is 8.57. The highest BCUT2D eigenvalue weighted by Gasteiger charge is 2.29. The number of carbonyl (C=O) groups is 1. The van der Waals surface area contributed by atoms with Crippen LogP contribution in [0.3, 0.4) is 0 Å². The van der Waals surface area contributed by atoms with Gasteiger partial charge in [-0.25, -0.2) is 0 Å². The monoisotopic (exact) mass is 378 g/mol. The SMILES string of the molecule is Cc1c(C[C@H](CC(C(N)=O)C(C)c2ccccc2)N(C)C)ccc2[nH]ncc12. The van der Waals surface area contributed by atoms with Gasteiger partial charge in [-0.3, -0.25) is 9.89 Å². The molecular weight excluding hydrogens is 348 g/mol. The first-order valence-electron chi connectivity index (χ1n) is 9.80. The largest absolute Gasteiger partial charge is 0.369 e. The first kappa shape index (κ1) is 20.1. The summed E-state index contributed by atoms with van der Waals surface area (Å²) in [7, 11) is 4.14. The van der Waals surface area contributed by atoms with Crippen molar-refractivity contribution < 1.29 is 4.79 Å². The Hall–Kier alpha value is -2.66. The van der Waals surface area contributed by atoms with Crippen molar-refractivity contribution in [2.45, 2.75) is 38.6 Å². The van der Waals surface area contributed by atoms with E-state index >= 15 is 0 Å². The lowest BCUT2D eigenvalue weighted by molar-refractivity contribution is -0.123. The van der Waals surface area contributed by atoms with Gasteiger partial charge in [0.15, 0.2) is 0 Å². The van der Waals surface area contributed by atoms with Gasteiger partial charge in [-0.2, -0.15) is 5.10 Å². The lowest BCUT2D eigenvalue weighted by Crippen LogP contribution is -2.38. The van der Waals surface area contributed by atoms with Crippen LogP contribution in [-0.2, 0) is 11.2 Å². The van der Waals surface area contributed by atoms with E-state index in [4.69, 9.17) is 5.73 Å². The molecule has 0 spiro atoms. The Morgan fingerprint density at radius 1 is 1.18 bits per heavy atom. The molecule has 0 saturated carbocycles. The van der Waals surface area contributed by atoms with Gasteiger partial charge in [-0.15, -0.1) is 0 Å². The molecular formula is C23H30N4O. The molecule has 5 nitrogen and oxygen atoms in total. The Kier molecular flexibility index (Phi) is 6.15. The second-order valence-corrected chi connectivity index (χ2v) is 7.95. The van der Waals surface area contributed by atoms with Crippen LogP contribution in [0.2, 0.25) is 0 Å². The van der Waals surface area contributed by atoms with Crippen molar-refractivity contribution in [1.29, 1.82) is 0 Å². The van der Waals surface area contributed by atoms with Crippen LogP contribution < -0.4 is 5.73 Å². The predicted octanol–water partition coefficient (Wildman–Crippen LogP) is 3.64. The maximum Gasteiger partial charge on any atom is 0.221 e. The molecule has 1 amide bonds. The van der Waals surface area contributed by atoms with Gasteiger partial charge in [0.1, 0.15) is 0 Å². The third-order valence-electron chi connectivity index (χ3n) is 6.01. The summed E-state index contributed by atoms with van der Waals surface area (Å²) in [4.78, 5) is 14.5. The molecule has 0 radical (unpaired) electrons. The summed E-state index contributed by atoms with van der Waals surface area (Å²) < 4.78 is 0. The number of nitrogens with zero attached hydrogens (tertiary/aromatic N) is 2. The van der Waals surface area contributed by atoms with E-state index in [9.17, 15) is 4.79 Å². The van der Waals surface area contributed by atoms with E-state index in [0.29, 0.717) is 0 Å². The van der Waals surface area contributed by atoms with E-state index in [2.05, 4.69) is 67.3 Å². The summed E-state index contributed by atoms with van der Waals surface area (Å²) in [5, 5.41) is 8.32. The van der Waals surface area contributed by atoms with Gasteiger partial charge in [-0.05, 0) is 62.5 Å². The van der Waals surface area contributed by atoms with E-state index in [1.165, 1.54) is 11.1 Å². The molecule has 3 aromatic rings. The molecule has 3 rings (SSSR count). The van der Waals surface area contributed by atoms with Gasteiger partial charge in [-0.1, -0.05) is 43.3 Å². The van der Waals surface area contributed by atoms with E-state index in [1.807, 2.05) is 24.4 Å². The Bertz CT molecular complexity index is 932. The van der Waals surface area contributed by atoms with E-state index in [-0.39, 0.29) is 23.8 Å². The maximum atomic E-state index is 12.3. The topological polar surface area (TPSA) is 75.0 Å². The number of nitrogens with two attached hydrogens (primary N) is 1. The molecule has 0 saturated heterocycles. The molecule has 1 heterocycles. The van der Waals surface area contributed by atoms with Crippen molar-refractivity contribution in [1.82, 2.24) is 15.1 Å². The molecule has 0 aliphatic rings. The van der Waals surface area contributed by atoms with Gasteiger partial charge < -0.3 is 10.6 Å². The summed E-state index contributed by atoms with van der Waals surface area (Å²) >= 11 is 0. The minimum atomic E-state index is -0.231. The fourth-order valence-corrected chi connectivity index (χ4v) is 4.00. The molecule has 5 heteroatoms. The first-order chi connectivity index (χ1) is 13.4. The van der Waals surface area contributed by atoms with Crippen LogP contribution in [0, 0.1) is 12.8 Å². The Labute approximate surface area is 166 Å². The number of aryl methyl sites for hydroxylation is 1. The average Bonchev–Trinajstić information content (AvgIpc) is 3.16. The number of H-pyrrole nitrogens is 1. The normalized spacial score (nSPS) is 14.9. The van der Waals surface area contributed by atoms with Gasteiger partial charge in [0.2, 0.25) is 5.91 Å². The summed E-state index contributed by atoms with van der Waals surface area (Å²) in [6.07, 6.45) is 3.47. The number of hydrogen-bond acceptors (Lipinski definition) is 3. The highest BCUT2D eigenvalue weighted by atomic mass is 16.1. The lowest BCUT2D eigenvalue weighted by Gasteiger charge is -2.31. The van der Waals surface area contributed by atoms with Crippen molar-refractivity contribution in [3.05, 3.63) is 65.4 Å². The minimum absolute atomic E-state index is 0.0820. The highest BCUT2D eigenvalue weighted by Crippen LogP contribution is 2.30. The minimum Gasteiger partial charge on any atom is -0.369 e. The third kappa shape index (κ3) is 4.25. The summed E-state index contributed by atoms with van der Waals surface area (Å²) in [5.74, 6) is -0.364. The van der Waals surface area contributed by atoms with Gasteiger partial charge in [0, 0.05) is 17.3 Å². The lowest BCUT2D eigenvalue weighted by atomic mass is 9.81. The van der Waals surface area contributed by atoms with Crippen molar-refractivity contribution in [3.63, 3.8) is 0 Å². The van der Waals surface area contributed by atoms with E-state index in [1.54, 1.807) is 0 Å². The van der Waals surface area contributed by atoms with Crippen LogP contribution in [0.15, 0.2) is 48.7 Å². The fraction of sp³-hybridized carbons (Fsp3) is 0.391. The number of amides is 1. The zero-order valence-corrected chi connectivity index (χ0v) is 17.1. The fourth-order valence-electron chi connectivity index (χ4n) is 4.00. The van der Waals surface area contributed by atoms with Crippen LogP contribution in [0.1, 0.15) is 36.0 Å². The summed E-state index contributed by atoms with van der Waals surface area (Å²) in [6, 6.07) is 14.6. The number of aromatic amines is 1. The summed E-state index contributed by atoms with van der Waals surface area (Å²) in [5.41, 5.74) is 10.6. The number of nitrogens with one attached hydrogen (secondary N) is 1. The maximum absolute atomic E-state index is 12.3. The van der Waals surface area contributed by atoms with Gasteiger partial charge in [0.05, 0.1) is 11.7 Å². The molecule has 0 aliphatic carbocycles. The number of primary amides is 1. The molecule has 2 aromatic carbocycles. The quantitative estimate of drug-likeness (QED) is 0.628. The number of carbonyl (C=O) groups excluding carboxylic acids is 1. The standard InChI is InChI=1S/C23H30N4O/c1-15(17-8-6-5-7-9-17)20(23(24)28)13-19(27(3)4)12-18-10-11-22-21(16(18)2)14-25-26-22/h5-11,14-15,19-20H,12-13H2,1-4H3,(H2,24,28)(H,25,26)/t15?,19-,20?/m1/s1. The van der Waals surface area contributed by atoms with Crippen LogP contribution in [0.4, 0.5) is 0 Å². The summed E-state index contributed by atoms with van der Waals surface area (Å²) in [6.45, 7) is 4.23. The molecule has 0 fully saturated rings. The van der Waals surface area contributed by atoms with Crippen molar-refractivity contribution >= 4 is 16.8 Å². The Morgan fingerprint density at radius 3 is 2.54 bits per heavy atom. The average molecular weight is 379 g/mol. The number of likely N-dealkylation sites (N-methyl/N-ethyl adjacent to an activating group) is 1. The molecule has 2 unspecified atom stereocenters. The highest BCUT2D eigenvalue weighted by molar-refractivity contribution is 5.82. The second-order valence-electron chi connectivity index (χ2n) is 7.95. The zero-order valence-electron chi connectivity index (χ0n) is 17.1. The number of hydrogen-bond donors (Lipinski definition) is 2. The number of rotatable bonds is 8. The molecule has 0 bridgehead atoms. The Morgan fingerprint density at radius 2 is 1.89 bits per heavy atom. The van der Waals surface area contributed by atoms with E-state index in [0.717, 1.165) is 29.3 Å². The molecule has 0 aliphatic heterocycles. The predicted molar refractivity (Wildman–Crippen MR) is 114 cm³/mol. The van der Waals surface area contributed by atoms with Crippen LogP contribution in [0.5, 0.6) is 0 Å². The van der Waals surface area contributed by atoms with Gasteiger partial charge >= 0.3 is 0 Å². The molecule has 148 valence electrons. The Balaban J connectivity index is 1.84. The van der Waals surface area contributed by atoms with Crippen molar-refractivity contribution in [2.24, 2.45) is 11.7 Å². The van der Waals surface area contributed by atoms with Crippen LogP contribution >= 0.6 is 0 Å². The first-order valence-corrected chi connectivity index (χ1v) is 9.80. The zero-order chi connectivity index (χ0) is 20.3. The van der Waals surface area contributed by atoms with Crippen molar-refractivity contribution in [3.8, 4) is 0 Å². The molecule has 1 aromatic heterocycles. The van der Waals surface area contributed by atoms with Crippen LogP contribution in [-0.4, -0.2) is 41.1 Å². The van der Waals surface area contributed by atoms with Gasteiger partial charge in [0.25, 0.3) is 0 Å². The van der Waals surface area contributed by atoms with E-state index < -0.39 is 0 Å². The van der Waals surface area contributed by atoms with Crippen LogP contribution in [0.25, 0.3) is 10.9 Å². The number of aromatic nitrogens is 2. The molecule has 3 atom stereocenters. The molecule has 28 heavy (non-hydrogen) atoms.